The fraction of sp³-hybridized carbons (Fsp3) is 0.417. The van der Waals surface area contributed by atoms with Crippen LogP contribution in [0.25, 0.3) is 0 Å². The Kier molecular flexibility index (Phi) is 4.40. The van der Waals surface area contributed by atoms with E-state index in [1.165, 1.54) is 0 Å². The molecule has 94 valence electrons. The van der Waals surface area contributed by atoms with Gasteiger partial charge >= 0.3 is 6.03 Å². The van der Waals surface area contributed by atoms with Gasteiger partial charge < -0.3 is 15.4 Å². The van der Waals surface area contributed by atoms with E-state index in [9.17, 15) is 4.79 Å². The number of carbonyl (C=O) groups is 1. The molecule has 0 bridgehead atoms. The van der Waals surface area contributed by atoms with E-state index in [0.29, 0.717) is 11.4 Å². The number of methoxy groups -OCH3 is 1. The Bertz CT molecular complexity index is 413. The van der Waals surface area contributed by atoms with Crippen molar-refractivity contribution >= 4 is 27.6 Å². The van der Waals surface area contributed by atoms with E-state index in [-0.39, 0.29) is 11.6 Å². The standard InChI is InChI=1S/C12H17BrN2O2/c1-12(2,3)15-11(16)14-9-7-8(13)5-6-10(9)17-4/h5-7H,1-4H3,(H2,14,15,16). The lowest BCUT2D eigenvalue weighted by Gasteiger charge is -2.21. The zero-order valence-corrected chi connectivity index (χ0v) is 12.0. The largest absolute Gasteiger partial charge is 0.495 e. The number of anilines is 1. The fourth-order valence-corrected chi connectivity index (χ4v) is 1.63. The Morgan fingerprint density at radius 1 is 1.35 bits per heavy atom. The molecule has 2 N–H and O–H groups in total. The number of hydrogen-bond acceptors (Lipinski definition) is 2. The molecule has 4 nitrogen and oxygen atoms in total. The van der Waals surface area contributed by atoms with Crippen LogP contribution in [0.1, 0.15) is 20.8 Å². The normalized spacial score (nSPS) is 10.9. The van der Waals surface area contributed by atoms with Crippen LogP contribution in [-0.4, -0.2) is 18.7 Å². The molecule has 0 spiro atoms. The van der Waals surface area contributed by atoms with Crippen molar-refractivity contribution in [2.45, 2.75) is 26.3 Å². The predicted molar refractivity (Wildman–Crippen MR) is 72.6 cm³/mol. The third-order valence-electron chi connectivity index (χ3n) is 1.90. The van der Waals surface area contributed by atoms with Gasteiger partial charge in [-0.15, -0.1) is 0 Å². The molecular weight excluding hydrogens is 284 g/mol. The summed E-state index contributed by atoms with van der Waals surface area (Å²) in [6.07, 6.45) is 0. The number of halogens is 1. The van der Waals surface area contributed by atoms with Crippen LogP contribution in [0.15, 0.2) is 22.7 Å². The Balaban J connectivity index is 2.80. The highest BCUT2D eigenvalue weighted by Crippen LogP contribution is 2.27. The smallest absolute Gasteiger partial charge is 0.319 e. The minimum atomic E-state index is -0.274. The number of carbonyl (C=O) groups excluding carboxylic acids is 1. The molecule has 0 aliphatic heterocycles. The first-order valence-electron chi connectivity index (χ1n) is 5.24. The summed E-state index contributed by atoms with van der Waals surface area (Å²) in [6.45, 7) is 5.76. The van der Waals surface area contributed by atoms with Gasteiger partial charge in [0.1, 0.15) is 5.75 Å². The van der Waals surface area contributed by atoms with Gasteiger partial charge in [0, 0.05) is 10.0 Å². The molecule has 0 saturated heterocycles. The summed E-state index contributed by atoms with van der Waals surface area (Å²) in [7, 11) is 1.57. The van der Waals surface area contributed by atoms with E-state index in [1.54, 1.807) is 19.2 Å². The average molecular weight is 301 g/mol. The lowest BCUT2D eigenvalue weighted by atomic mass is 10.1. The van der Waals surface area contributed by atoms with Crippen LogP contribution >= 0.6 is 15.9 Å². The third-order valence-corrected chi connectivity index (χ3v) is 2.39. The molecule has 1 aromatic rings. The Labute approximate surface area is 110 Å². The average Bonchev–Trinajstić information content (AvgIpc) is 2.14. The van der Waals surface area contributed by atoms with Gasteiger partial charge in [-0.25, -0.2) is 4.79 Å². The summed E-state index contributed by atoms with van der Waals surface area (Å²) in [5.74, 6) is 0.622. The highest BCUT2D eigenvalue weighted by molar-refractivity contribution is 9.10. The van der Waals surface area contributed by atoms with Crippen LogP contribution in [0.2, 0.25) is 0 Å². The van der Waals surface area contributed by atoms with Crippen molar-refractivity contribution in [2.75, 3.05) is 12.4 Å². The molecule has 2 amide bonds. The number of amides is 2. The molecule has 0 unspecified atom stereocenters. The van der Waals surface area contributed by atoms with Gasteiger partial charge in [-0.05, 0) is 39.0 Å². The van der Waals surface area contributed by atoms with Gasteiger partial charge in [-0.2, -0.15) is 0 Å². The van der Waals surface area contributed by atoms with Gasteiger partial charge in [0.25, 0.3) is 0 Å². The Hall–Kier alpha value is -1.23. The molecule has 0 aromatic heterocycles. The van der Waals surface area contributed by atoms with E-state index in [2.05, 4.69) is 26.6 Å². The van der Waals surface area contributed by atoms with Gasteiger partial charge in [0.15, 0.2) is 0 Å². The van der Waals surface area contributed by atoms with Crippen molar-refractivity contribution in [3.8, 4) is 5.75 Å². The molecule has 1 aromatic carbocycles. The molecule has 0 saturated carbocycles. The van der Waals surface area contributed by atoms with Crippen molar-refractivity contribution in [3.05, 3.63) is 22.7 Å². The summed E-state index contributed by atoms with van der Waals surface area (Å²) < 4.78 is 6.05. The first-order chi connectivity index (χ1) is 7.81. The lowest BCUT2D eigenvalue weighted by Crippen LogP contribution is -2.43. The highest BCUT2D eigenvalue weighted by atomic mass is 79.9. The SMILES string of the molecule is COc1ccc(Br)cc1NC(=O)NC(C)(C)C. The minimum Gasteiger partial charge on any atom is -0.495 e. The topological polar surface area (TPSA) is 50.4 Å². The van der Waals surface area contributed by atoms with Gasteiger partial charge in [-0.1, -0.05) is 15.9 Å². The number of hydrogen-bond donors (Lipinski definition) is 2. The first kappa shape index (κ1) is 13.8. The molecule has 17 heavy (non-hydrogen) atoms. The van der Waals surface area contributed by atoms with Crippen LogP contribution in [0, 0.1) is 0 Å². The van der Waals surface area contributed by atoms with Crippen LogP contribution in [0.3, 0.4) is 0 Å². The van der Waals surface area contributed by atoms with Gasteiger partial charge in [-0.3, -0.25) is 0 Å². The molecule has 0 atom stereocenters. The zero-order valence-electron chi connectivity index (χ0n) is 10.4. The zero-order chi connectivity index (χ0) is 13.1. The highest BCUT2D eigenvalue weighted by Gasteiger charge is 2.15. The summed E-state index contributed by atoms with van der Waals surface area (Å²) in [5, 5.41) is 5.57. The summed E-state index contributed by atoms with van der Waals surface area (Å²) in [5.41, 5.74) is 0.354. The van der Waals surface area contributed by atoms with Crippen LogP contribution < -0.4 is 15.4 Å². The van der Waals surface area contributed by atoms with Crippen molar-refractivity contribution in [3.63, 3.8) is 0 Å². The summed E-state index contributed by atoms with van der Waals surface area (Å²) in [6, 6.07) is 5.18. The van der Waals surface area contributed by atoms with Crippen LogP contribution in [0.5, 0.6) is 5.75 Å². The van der Waals surface area contributed by atoms with E-state index >= 15 is 0 Å². The number of rotatable bonds is 2. The van der Waals surface area contributed by atoms with E-state index < -0.39 is 0 Å². The quantitative estimate of drug-likeness (QED) is 0.880. The molecule has 0 aliphatic rings. The second kappa shape index (κ2) is 5.40. The molecule has 5 heteroatoms. The monoisotopic (exact) mass is 300 g/mol. The number of urea groups is 1. The Morgan fingerprint density at radius 2 is 2.00 bits per heavy atom. The second-order valence-electron chi connectivity index (χ2n) is 4.67. The van der Waals surface area contributed by atoms with E-state index in [4.69, 9.17) is 4.74 Å². The van der Waals surface area contributed by atoms with Crippen LogP contribution in [0.4, 0.5) is 10.5 Å². The molecule has 0 radical (unpaired) electrons. The van der Waals surface area contributed by atoms with E-state index in [0.717, 1.165) is 4.47 Å². The number of nitrogens with one attached hydrogen (secondary N) is 2. The van der Waals surface area contributed by atoms with Crippen LogP contribution in [-0.2, 0) is 0 Å². The lowest BCUT2D eigenvalue weighted by molar-refractivity contribution is 0.243. The second-order valence-corrected chi connectivity index (χ2v) is 5.59. The molecule has 0 aliphatic carbocycles. The first-order valence-corrected chi connectivity index (χ1v) is 6.04. The molecule has 0 fully saturated rings. The van der Waals surface area contributed by atoms with Crippen molar-refractivity contribution < 1.29 is 9.53 Å². The minimum absolute atomic E-state index is 0.256. The maximum atomic E-state index is 11.7. The molecule has 0 heterocycles. The van der Waals surface area contributed by atoms with Crippen molar-refractivity contribution in [1.29, 1.82) is 0 Å². The maximum absolute atomic E-state index is 11.7. The number of benzene rings is 1. The van der Waals surface area contributed by atoms with Gasteiger partial charge in [0.2, 0.25) is 0 Å². The number of ether oxygens (including phenoxy) is 1. The predicted octanol–water partition coefficient (Wildman–Crippen LogP) is 3.38. The fourth-order valence-electron chi connectivity index (χ4n) is 1.27. The van der Waals surface area contributed by atoms with E-state index in [1.807, 2.05) is 26.8 Å². The summed E-state index contributed by atoms with van der Waals surface area (Å²) in [4.78, 5) is 11.7. The Morgan fingerprint density at radius 3 is 2.53 bits per heavy atom. The van der Waals surface area contributed by atoms with Crippen molar-refractivity contribution in [2.24, 2.45) is 0 Å². The van der Waals surface area contributed by atoms with Gasteiger partial charge in [0.05, 0.1) is 12.8 Å². The molecule has 1 rings (SSSR count). The molecular formula is C12H17BrN2O2. The maximum Gasteiger partial charge on any atom is 0.319 e. The summed E-state index contributed by atoms with van der Waals surface area (Å²) >= 11 is 3.35. The van der Waals surface area contributed by atoms with Crippen molar-refractivity contribution in [1.82, 2.24) is 5.32 Å². The third kappa shape index (κ3) is 4.65.